The van der Waals surface area contributed by atoms with Gasteiger partial charge >= 0.3 is 11.9 Å². The molecule has 4 atom stereocenters. The number of carboxylic acids is 2. The van der Waals surface area contributed by atoms with E-state index in [2.05, 4.69) is 13.8 Å². The van der Waals surface area contributed by atoms with E-state index in [1.54, 1.807) is 4.90 Å². The van der Waals surface area contributed by atoms with E-state index in [1.807, 2.05) is 6.92 Å². The van der Waals surface area contributed by atoms with Crippen molar-refractivity contribution in [2.45, 2.75) is 46.2 Å². The lowest BCUT2D eigenvalue weighted by atomic mass is 9.49. The molecule has 1 saturated carbocycles. The van der Waals surface area contributed by atoms with Crippen molar-refractivity contribution in [3.63, 3.8) is 0 Å². The van der Waals surface area contributed by atoms with Gasteiger partial charge in [0, 0.05) is 17.4 Å². The summed E-state index contributed by atoms with van der Waals surface area (Å²) in [7, 11) is 0. The van der Waals surface area contributed by atoms with Crippen LogP contribution in [0.15, 0.2) is 0 Å². The summed E-state index contributed by atoms with van der Waals surface area (Å²) >= 11 is 0. The molecule has 3 bridgehead atoms. The van der Waals surface area contributed by atoms with Crippen LogP contribution in [-0.4, -0.2) is 63.7 Å². The van der Waals surface area contributed by atoms with Crippen LogP contribution in [-0.2, 0) is 14.4 Å². The second-order valence-corrected chi connectivity index (χ2v) is 8.55. The number of carboxylic acid groups (broad SMARTS) is 2. The third kappa shape index (κ3) is 2.41. The van der Waals surface area contributed by atoms with Crippen LogP contribution in [0.3, 0.4) is 0 Å². The van der Waals surface area contributed by atoms with E-state index in [4.69, 9.17) is 0 Å². The zero-order chi connectivity index (χ0) is 17.2. The van der Waals surface area contributed by atoms with Crippen LogP contribution in [0.1, 0.15) is 40.0 Å². The summed E-state index contributed by atoms with van der Waals surface area (Å²) < 4.78 is 0. The van der Waals surface area contributed by atoms with E-state index in [0.29, 0.717) is 19.4 Å². The number of aliphatic carboxylic acids is 2. The van der Waals surface area contributed by atoms with E-state index in [9.17, 15) is 24.6 Å². The minimum absolute atomic E-state index is 0.112. The molecule has 0 aromatic carbocycles. The van der Waals surface area contributed by atoms with Gasteiger partial charge in [-0.25, -0.2) is 0 Å². The first-order chi connectivity index (χ1) is 10.5. The Bertz CT molecular complexity index is 589. The number of rotatable bonds is 4. The SMILES string of the molecule is C[C@]12CN(CC(=O)O)[C@@H]3N(CC(=O)O)C(=O)[C@](C)(C1)C[C@]3(C)C2. The molecule has 3 aliphatic rings. The Morgan fingerprint density at radius 1 is 1.09 bits per heavy atom. The molecule has 2 saturated heterocycles. The summed E-state index contributed by atoms with van der Waals surface area (Å²) in [5.41, 5.74) is -0.944. The molecule has 3 fully saturated rings. The second kappa shape index (κ2) is 4.69. The van der Waals surface area contributed by atoms with Gasteiger partial charge in [0.25, 0.3) is 0 Å². The summed E-state index contributed by atoms with van der Waals surface area (Å²) in [4.78, 5) is 38.8. The van der Waals surface area contributed by atoms with E-state index in [1.165, 1.54) is 4.90 Å². The summed E-state index contributed by atoms with van der Waals surface area (Å²) in [5, 5.41) is 18.5. The molecule has 2 aliphatic heterocycles. The van der Waals surface area contributed by atoms with Crippen LogP contribution >= 0.6 is 0 Å². The number of likely N-dealkylation sites (tertiary alicyclic amines) is 2. The quantitative estimate of drug-likeness (QED) is 0.795. The molecule has 1 amide bonds. The molecule has 7 heteroatoms. The van der Waals surface area contributed by atoms with Crippen LogP contribution in [0.4, 0.5) is 0 Å². The predicted octanol–water partition coefficient (Wildman–Crippen LogP) is 0.842. The first-order valence-electron chi connectivity index (χ1n) is 7.97. The molecule has 0 aromatic heterocycles. The molecule has 2 heterocycles. The summed E-state index contributed by atoms with van der Waals surface area (Å²) in [5.74, 6) is -2.16. The Kier molecular flexibility index (Phi) is 3.31. The molecule has 0 spiro atoms. The minimum atomic E-state index is -1.06. The van der Waals surface area contributed by atoms with Crippen LogP contribution in [0.25, 0.3) is 0 Å². The van der Waals surface area contributed by atoms with Crippen molar-refractivity contribution >= 4 is 17.8 Å². The van der Waals surface area contributed by atoms with Gasteiger partial charge in [-0.15, -0.1) is 0 Å². The molecule has 2 N–H and O–H groups in total. The number of hydrogen-bond donors (Lipinski definition) is 2. The van der Waals surface area contributed by atoms with Gasteiger partial charge in [0.15, 0.2) is 0 Å². The Morgan fingerprint density at radius 2 is 1.70 bits per heavy atom. The highest BCUT2D eigenvalue weighted by Gasteiger charge is 2.66. The molecule has 0 radical (unpaired) electrons. The summed E-state index contributed by atoms with van der Waals surface area (Å²) in [6.45, 7) is 6.16. The highest BCUT2D eigenvalue weighted by molar-refractivity contribution is 5.87. The number of nitrogens with zero attached hydrogens (tertiary/aromatic N) is 2. The number of amides is 1. The molecular weight excluding hydrogens is 300 g/mol. The standard InChI is InChI=1S/C16H24N2O5/c1-14-6-15(2)8-16(3,7-14)13(23)18(5-11(21)22)12(15)17(9-14)4-10(19)20/h12H,4-9H2,1-3H3,(H,19,20)(H,21,22)/t12-,14-,15+,16-/m1/s1. The minimum Gasteiger partial charge on any atom is -0.480 e. The van der Waals surface area contributed by atoms with Gasteiger partial charge in [-0.2, -0.15) is 0 Å². The van der Waals surface area contributed by atoms with E-state index < -0.39 is 23.5 Å². The number of piperidine rings is 2. The average molecular weight is 324 g/mol. The zero-order valence-corrected chi connectivity index (χ0v) is 13.8. The summed E-state index contributed by atoms with van der Waals surface area (Å²) in [6.07, 6.45) is 1.79. The fraction of sp³-hybridized carbons (Fsp3) is 0.812. The molecule has 0 aromatic rings. The van der Waals surface area contributed by atoms with Crippen molar-refractivity contribution in [1.82, 2.24) is 9.80 Å². The average Bonchev–Trinajstić information content (AvgIpc) is 2.30. The van der Waals surface area contributed by atoms with Gasteiger partial charge in [-0.1, -0.05) is 20.8 Å². The molecular formula is C16H24N2O5. The van der Waals surface area contributed by atoms with Gasteiger partial charge in [0.2, 0.25) is 5.91 Å². The van der Waals surface area contributed by atoms with Crippen LogP contribution in [0.5, 0.6) is 0 Å². The van der Waals surface area contributed by atoms with Crippen LogP contribution in [0.2, 0.25) is 0 Å². The van der Waals surface area contributed by atoms with Crippen molar-refractivity contribution in [3.05, 3.63) is 0 Å². The van der Waals surface area contributed by atoms with Crippen LogP contribution in [0, 0.1) is 16.2 Å². The van der Waals surface area contributed by atoms with E-state index in [0.717, 1.165) is 6.42 Å². The number of carbonyl (C=O) groups is 3. The third-order valence-electron chi connectivity index (χ3n) is 5.71. The first kappa shape index (κ1) is 16.2. The maximum Gasteiger partial charge on any atom is 0.323 e. The number of carbonyl (C=O) groups excluding carboxylic acids is 1. The molecule has 1 aliphatic carbocycles. The molecule has 3 rings (SSSR count). The molecule has 0 unspecified atom stereocenters. The Labute approximate surface area is 135 Å². The fourth-order valence-corrected chi connectivity index (χ4v) is 6.11. The van der Waals surface area contributed by atoms with Crippen molar-refractivity contribution in [2.75, 3.05) is 19.6 Å². The Hall–Kier alpha value is -1.63. The highest BCUT2D eigenvalue weighted by Crippen LogP contribution is 2.63. The summed E-state index contributed by atoms with van der Waals surface area (Å²) in [6, 6.07) is 0. The van der Waals surface area contributed by atoms with Gasteiger partial charge in [-0.3, -0.25) is 19.3 Å². The van der Waals surface area contributed by atoms with Gasteiger partial charge in [-0.05, 0) is 24.7 Å². The van der Waals surface area contributed by atoms with Crippen molar-refractivity contribution in [3.8, 4) is 0 Å². The lowest BCUT2D eigenvalue weighted by molar-refractivity contribution is -0.222. The highest BCUT2D eigenvalue weighted by atomic mass is 16.4. The van der Waals surface area contributed by atoms with Crippen molar-refractivity contribution < 1.29 is 24.6 Å². The topological polar surface area (TPSA) is 98.2 Å². The van der Waals surface area contributed by atoms with E-state index in [-0.39, 0.29) is 29.8 Å². The van der Waals surface area contributed by atoms with Gasteiger partial charge in [0.1, 0.15) is 6.54 Å². The largest absolute Gasteiger partial charge is 0.480 e. The normalized spacial score (nSPS) is 42.8. The smallest absolute Gasteiger partial charge is 0.323 e. The lowest BCUT2D eigenvalue weighted by Crippen LogP contribution is -2.75. The molecule has 23 heavy (non-hydrogen) atoms. The number of hydrogen-bond acceptors (Lipinski definition) is 4. The second-order valence-electron chi connectivity index (χ2n) is 8.55. The molecule has 7 nitrogen and oxygen atoms in total. The van der Waals surface area contributed by atoms with Gasteiger partial charge < -0.3 is 15.1 Å². The molecule has 128 valence electrons. The number of fused-ring (bicyclic) bond motifs is 2. The predicted molar refractivity (Wildman–Crippen MR) is 80.5 cm³/mol. The van der Waals surface area contributed by atoms with E-state index >= 15 is 0 Å². The Morgan fingerprint density at radius 3 is 2.26 bits per heavy atom. The zero-order valence-electron chi connectivity index (χ0n) is 13.8. The maximum atomic E-state index is 13.0. The first-order valence-corrected chi connectivity index (χ1v) is 7.97. The monoisotopic (exact) mass is 324 g/mol. The third-order valence-corrected chi connectivity index (χ3v) is 5.71. The lowest BCUT2D eigenvalue weighted by Gasteiger charge is -2.68. The van der Waals surface area contributed by atoms with Gasteiger partial charge in [0.05, 0.1) is 12.7 Å². The van der Waals surface area contributed by atoms with Crippen molar-refractivity contribution in [2.24, 2.45) is 16.2 Å². The Balaban J connectivity index is 2.09. The van der Waals surface area contributed by atoms with Crippen LogP contribution < -0.4 is 0 Å². The fourth-order valence-electron chi connectivity index (χ4n) is 6.11. The maximum absolute atomic E-state index is 13.0. The van der Waals surface area contributed by atoms with Crippen molar-refractivity contribution in [1.29, 1.82) is 0 Å².